The van der Waals surface area contributed by atoms with Gasteiger partial charge in [-0.25, -0.2) is 9.59 Å². The predicted molar refractivity (Wildman–Crippen MR) is 107 cm³/mol. The Morgan fingerprint density at radius 3 is 2.61 bits per heavy atom. The highest BCUT2D eigenvalue weighted by atomic mass is 16.4. The van der Waals surface area contributed by atoms with E-state index in [1.54, 1.807) is 24.3 Å². The number of carboxylic acid groups (broad SMARTS) is 2. The van der Waals surface area contributed by atoms with Gasteiger partial charge in [0.2, 0.25) is 0 Å². The molecule has 0 aliphatic heterocycles. The van der Waals surface area contributed by atoms with Crippen LogP contribution < -0.4 is 0 Å². The predicted octanol–water partition coefficient (Wildman–Crippen LogP) is 4.92. The van der Waals surface area contributed by atoms with Gasteiger partial charge in [-0.2, -0.15) is 0 Å². The van der Waals surface area contributed by atoms with Crippen LogP contribution in [-0.2, 0) is 13.0 Å². The molecule has 2 aromatic carbocycles. The molecule has 1 heterocycles. The average Bonchev–Trinajstić information content (AvgIpc) is 3.02. The van der Waals surface area contributed by atoms with Crippen LogP contribution in [0.4, 0.5) is 0 Å². The van der Waals surface area contributed by atoms with Crippen molar-refractivity contribution in [3.8, 4) is 0 Å². The van der Waals surface area contributed by atoms with E-state index in [1.807, 2.05) is 18.2 Å². The number of hydrogen-bond donors (Lipinski definition) is 2. The minimum Gasteiger partial charge on any atom is -0.478 e. The fourth-order valence-corrected chi connectivity index (χ4v) is 4.61. The molecular formula is C23H23NO4. The summed E-state index contributed by atoms with van der Waals surface area (Å²) in [7, 11) is 0. The smallest absolute Gasteiger partial charge is 0.337 e. The molecule has 0 bridgehead atoms. The van der Waals surface area contributed by atoms with Gasteiger partial charge in [0.15, 0.2) is 0 Å². The summed E-state index contributed by atoms with van der Waals surface area (Å²) in [6, 6.07) is 12.4. The number of aromatic nitrogens is 1. The number of carbonyl (C=O) groups is 2. The van der Waals surface area contributed by atoms with Gasteiger partial charge in [0.05, 0.1) is 16.6 Å². The lowest BCUT2D eigenvalue weighted by atomic mass is 9.85. The Balaban J connectivity index is 1.97. The van der Waals surface area contributed by atoms with E-state index in [2.05, 4.69) is 11.5 Å². The molecular weight excluding hydrogens is 354 g/mol. The first-order valence-electron chi connectivity index (χ1n) is 9.70. The number of aromatic carboxylic acids is 2. The number of benzene rings is 2. The molecule has 5 nitrogen and oxygen atoms in total. The zero-order valence-electron chi connectivity index (χ0n) is 15.8. The Bertz CT molecular complexity index is 1080. The van der Waals surface area contributed by atoms with Crippen molar-refractivity contribution in [3.63, 3.8) is 0 Å². The Hall–Kier alpha value is -3.08. The molecule has 144 valence electrons. The molecule has 1 atom stereocenters. The molecule has 0 saturated heterocycles. The van der Waals surface area contributed by atoms with Crippen molar-refractivity contribution in [2.24, 2.45) is 0 Å². The van der Waals surface area contributed by atoms with Gasteiger partial charge in [-0.05, 0) is 60.9 Å². The topological polar surface area (TPSA) is 79.5 Å². The van der Waals surface area contributed by atoms with E-state index in [1.165, 1.54) is 11.3 Å². The normalized spacial score (nSPS) is 16.1. The third-order valence-electron chi connectivity index (χ3n) is 5.83. The highest BCUT2D eigenvalue weighted by Crippen LogP contribution is 2.41. The first kappa shape index (κ1) is 18.3. The molecule has 2 N–H and O–H groups in total. The summed E-state index contributed by atoms with van der Waals surface area (Å²) in [6.07, 6.45) is 4.16. The molecule has 5 heteroatoms. The van der Waals surface area contributed by atoms with E-state index >= 15 is 0 Å². The second-order valence-corrected chi connectivity index (χ2v) is 7.46. The van der Waals surface area contributed by atoms with Crippen LogP contribution in [0.15, 0.2) is 42.5 Å². The van der Waals surface area contributed by atoms with Crippen molar-refractivity contribution < 1.29 is 19.8 Å². The van der Waals surface area contributed by atoms with Gasteiger partial charge in [-0.15, -0.1) is 0 Å². The maximum Gasteiger partial charge on any atom is 0.337 e. The van der Waals surface area contributed by atoms with E-state index in [0.717, 1.165) is 42.1 Å². The Kier molecular flexibility index (Phi) is 4.67. The van der Waals surface area contributed by atoms with Crippen molar-refractivity contribution in [1.82, 2.24) is 4.57 Å². The average molecular weight is 377 g/mol. The van der Waals surface area contributed by atoms with Gasteiger partial charge in [-0.3, -0.25) is 0 Å². The first-order chi connectivity index (χ1) is 13.5. The molecule has 4 rings (SSSR count). The van der Waals surface area contributed by atoms with E-state index < -0.39 is 11.9 Å². The summed E-state index contributed by atoms with van der Waals surface area (Å²) >= 11 is 0. The Labute approximate surface area is 163 Å². The fraction of sp³-hybridized carbons (Fsp3) is 0.304. The number of para-hydroxylation sites is 1. The molecule has 1 unspecified atom stereocenters. The summed E-state index contributed by atoms with van der Waals surface area (Å²) in [5.74, 6) is -1.51. The van der Waals surface area contributed by atoms with Gasteiger partial charge < -0.3 is 14.8 Å². The van der Waals surface area contributed by atoms with Crippen LogP contribution in [0.5, 0.6) is 0 Å². The number of aryl methyl sites for hydroxylation is 1. The van der Waals surface area contributed by atoms with Crippen LogP contribution in [0, 0.1) is 0 Å². The summed E-state index contributed by atoms with van der Waals surface area (Å²) < 4.78 is 2.13. The summed E-state index contributed by atoms with van der Waals surface area (Å²) in [5.41, 5.74) is 4.63. The summed E-state index contributed by atoms with van der Waals surface area (Å²) in [6.45, 7) is 2.64. The number of rotatable bonds is 5. The van der Waals surface area contributed by atoms with Gasteiger partial charge in [-0.1, -0.05) is 31.2 Å². The number of nitrogens with zero attached hydrogens (tertiary/aromatic N) is 1. The van der Waals surface area contributed by atoms with Crippen molar-refractivity contribution in [2.75, 3.05) is 0 Å². The molecule has 0 saturated carbocycles. The summed E-state index contributed by atoms with van der Waals surface area (Å²) in [4.78, 5) is 23.3. The SMILES string of the molecule is CCC1CCCc2c1n(Cc1cccc(C(=O)O)c1)c1c(C(=O)O)cccc21. The maximum atomic E-state index is 11.9. The maximum absolute atomic E-state index is 11.9. The van der Waals surface area contributed by atoms with Gasteiger partial charge in [0.25, 0.3) is 0 Å². The van der Waals surface area contributed by atoms with Crippen molar-refractivity contribution >= 4 is 22.8 Å². The van der Waals surface area contributed by atoms with E-state index in [0.29, 0.717) is 18.0 Å². The molecule has 28 heavy (non-hydrogen) atoms. The number of fused-ring (bicyclic) bond motifs is 3. The van der Waals surface area contributed by atoms with Crippen LogP contribution in [0.1, 0.15) is 69.6 Å². The molecule has 0 fully saturated rings. The van der Waals surface area contributed by atoms with E-state index in [9.17, 15) is 19.8 Å². The summed E-state index contributed by atoms with van der Waals surface area (Å²) in [5, 5.41) is 20.1. The lowest BCUT2D eigenvalue weighted by Crippen LogP contribution is -2.15. The quantitative estimate of drug-likeness (QED) is 0.662. The van der Waals surface area contributed by atoms with Gasteiger partial charge >= 0.3 is 11.9 Å². The van der Waals surface area contributed by atoms with Gasteiger partial charge in [0.1, 0.15) is 0 Å². The lowest BCUT2D eigenvalue weighted by Gasteiger charge is -2.25. The van der Waals surface area contributed by atoms with Crippen LogP contribution in [0.2, 0.25) is 0 Å². The van der Waals surface area contributed by atoms with Crippen molar-refractivity contribution in [2.45, 2.75) is 45.1 Å². The van der Waals surface area contributed by atoms with Gasteiger partial charge in [0, 0.05) is 17.6 Å². The Morgan fingerprint density at radius 1 is 1.11 bits per heavy atom. The van der Waals surface area contributed by atoms with Crippen LogP contribution in [0.25, 0.3) is 10.9 Å². The third kappa shape index (κ3) is 2.97. The third-order valence-corrected chi connectivity index (χ3v) is 5.83. The largest absolute Gasteiger partial charge is 0.478 e. The molecule has 1 aliphatic carbocycles. The first-order valence-corrected chi connectivity index (χ1v) is 9.70. The minimum atomic E-state index is -0.959. The lowest BCUT2D eigenvalue weighted by molar-refractivity contribution is 0.0687. The van der Waals surface area contributed by atoms with Crippen molar-refractivity contribution in [3.05, 3.63) is 70.4 Å². The number of carboxylic acids is 2. The molecule has 3 aromatic rings. The standard InChI is InChI=1S/C23H23NO4/c1-2-15-7-4-9-17-18-10-5-11-19(23(27)28)21(18)24(20(15)17)13-14-6-3-8-16(12-14)22(25)26/h3,5-6,8,10-12,15H,2,4,7,9,13H2,1H3,(H,25,26)(H,27,28). The fourth-order valence-electron chi connectivity index (χ4n) is 4.61. The molecule has 1 aliphatic rings. The monoisotopic (exact) mass is 377 g/mol. The zero-order valence-corrected chi connectivity index (χ0v) is 15.8. The van der Waals surface area contributed by atoms with E-state index in [-0.39, 0.29) is 5.56 Å². The van der Waals surface area contributed by atoms with Crippen LogP contribution >= 0.6 is 0 Å². The molecule has 0 amide bonds. The second kappa shape index (κ2) is 7.15. The Morgan fingerprint density at radius 2 is 1.89 bits per heavy atom. The zero-order chi connectivity index (χ0) is 19.8. The highest BCUT2D eigenvalue weighted by Gasteiger charge is 2.28. The highest BCUT2D eigenvalue weighted by molar-refractivity contribution is 6.04. The number of hydrogen-bond acceptors (Lipinski definition) is 2. The van der Waals surface area contributed by atoms with Crippen LogP contribution in [-0.4, -0.2) is 26.7 Å². The molecule has 0 spiro atoms. The molecule has 0 radical (unpaired) electrons. The minimum absolute atomic E-state index is 0.244. The van der Waals surface area contributed by atoms with Crippen molar-refractivity contribution in [1.29, 1.82) is 0 Å². The second-order valence-electron chi connectivity index (χ2n) is 7.46. The van der Waals surface area contributed by atoms with Crippen LogP contribution in [0.3, 0.4) is 0 Å². The molecule has 1 aromatic heterocycles. The van der Waals surface area contributed by atoms with E-state index in [4.69, 9.17) is 0 Å².